The molecule has 2 aliphatic rings. The third kappa shape index (κ3) is 4.34. The van der Waals surface area contributed by atoms with Crippen LogP contribution in [-0.4, -0.2) is 44.7 Å². The molecule has 2 aromatic carbocycles. The Balaban J connectivity index is 1.60. The second-order valence-electron chi connectivity index (χ2n) is 8.54. The van der Waals surface area contributed by atoms with Gasteiger partial charge in [0.05, 0.1) is 26.5 Å². The fourth-order valence-corrected chi connectivity index (χ4v) is 6.07. The van der Waals surface area contributed by atoms with Crippen molar-refractivity contribution in [1.29, 1.82) is 0 Å². The molecule has 0 radical (unpaired) electrons. The van der Waals surface area contributed by atoms with E-state index in [9.17, 15) is 14.0 Å². The molecule has 0 spiro atoms. The third-order valence-electron chi connectivity index (χ3n) is 6.43. The number of carbonyl (C=O) groups excluding carboxylic acids is 2. The molecule has 1 aliphatic heterocycles. The zero-order chi connectivity index (χ0) is 24.5. The maximum Gasteiger partial charge on any atom is 0.249 e. The van der Waals surface area contributed by atoms with Crippen molar-refractivity contribution in [2.45, 2.75) is 25.7 Å². The van der Waals surface area contributed by atoms with Crippen LogP contribution in [0.15, 0.2) is 47.5 Å². The van der Waals surface area contributed by atoms with Gasteiger partial charge in [-0.1, -0.05) is 0 Å². The van der Waals surface area contributed by atoms with E-state index in [0.717, 1.165) is 47.5 Å². The molecular formula is C27H25FN2O4S. The Kier molecular flexibility index (Phi) is 6.38. The Hall–Kier alpha value is -3.52. The molecule has 0 saturated heterocycles. The van der Waals surface area contributed by atoms with Gasteiger partial charge in [0, 0.05) is 21.6 Å². The number of aryl methyl sites for hydroxylation is 1. The number of Topliss-reactive ketones (excluding diaryl/α,β-unsaturated/α-hetero) is 1. The number of carbonyl (C=O) groups is 2. The summed E-state index contributed by atoms with van der Waals surface area (Å²) in [6, 6.07) is 11.0. The number of nitrogens with zero attached hydrogens (tertiary/aromatic N) is 2. The number of hydrogen-bond donors (Lipinski definition) is 0. The molecule has 0 N–H and O–H groups in total. The van der Waals surface area contributed by atoms with Crippen LogP contribution in [0, 0.1) is 5.82 Å². The minimum atomic E-state index is -0.409. The minimum Gasteiger partial charge on any atom is -0.493 e. The molecule has 3 aromatic rings. The summed E-state index contributed by atoms with van der Waals surface area (Å²) in [6.07, 6.45) is 4.01. The number of thiophene rings is 1. The number of hydrogen-bond acceptors (Lipinski definition) is 6. The predicted molar refractivity (Wildman–Crippen MR) is 134 cm³/mol. The van der Waals surface area contributed by atoms with Crippen LogP contribution in [-0.2, 0) is 17.6 Å². The minimum absolute atomic E-state index is 0.0729. The lowest BCUT2D eigenvalue weighted by Crippen LogP contribution is -2.36. The Morgan fingerprint density at radius 2 is 1.80 bits per heavy atom. The van der Waals surface area contributed by atoms with Gasteiger partial charge in [0.2, 0.25) is 5.91 Å². The van der Waals surface area contributed by atoms with Gasteiger partial charge in [-0.3, -0.25) is 19.5 Å². The molecule has 1 aliphatic carbocycles. The fourth-order valence-electron chi connectivity index (χ4n) is 4.66. The highest BCUT2D eigenvalue weighted by Gasteiger charge is 2.33. The molecule has 0 unspecified atom stereocenters. The number of ketones is 1. The van der Waals surface area contributed by atoms with Gasteiger partial charge in [-0.15, -0.1) is 11.3 Å². The number of halogens is 1. The molecule has 1 amide bonds. The second kappa shape index (κ2) is 9.62. The zero-order valence-electron chi connectivity index (χ0n) is 19.6. The lowest BCUT2D eigenvalue weighted by molar-refractivity contribution is -0.117. The predicted octanol–water partition coefficient (Wildman–Crippen LogP) is 4.85. The standard InChI is InChI=1S/C27H25FN2O4S/c1-33-21-12-9-17(13-22(21)34-2)26-25-19-5-3-4-6-23(19)35-27(25)30(24(32)14-29-26)15-20(31)16-7-10-18(28)11-8-16/h7-13H,3-6,14-15H2,1-2H3. The smallest absolute Gasteiger partial charge is 0.249 e. The number of anilines is 1. The van der Waals surface area contributed by atoms with Gasteiger partial charge in [0.1, 0.15) is 17.4 Å². The van der Waals surface area contributed by atoms with E-state index in [4.69, 9.17) is 14.5 Å². The van der Waals surface area contributed by atoms with E-state index in [1.165, 1.54) is 34.7 Å². The average molecular weight is 493 g/mol. The molecule has 8 heteroatoms. The highest BCUT2D eigenvalue weighted by atomic mass is 32.1. The summed E-state index contributed by atoms with van der Waals surface area (Å²) in [6.45, 7) is -0.192. The average Bonchev–Trinajstić information content (AvgIpc) is 3.20. The van der Waals surface area contributed by atoms with Crippen molar-refractivity contribution in [3.05, 3.63) is 75.4 Å². The summed E-state index contributed by atoms with van der Waals surface area (Å²) in [5, 5.41) is 0.753. The van der Waals surface area contributed by atoms with E-state index in [1.54, 1.807) is 30.5 Å². The fraction of sp³-hybridized carbons (Fsp3) is 0.296. The quantitative estimate of drug-likeness (QED) is 0.462. The van der Waals surface area contributed by atoms with Crippen LogP contribution in [0.3, 0.4) is 0 Å². The number of aliphatic imine (C=N–C) groups is 1. The van der Waals surface area contributed by atoms with Gasteiger partial charge < -0.3 is 9.47 Å². The van der Waals surface area contributed by atoms with Crippen molar-refractivity contribution in [2.75, 3.05) is 32.2 Å². The van der Waals surface area contributed by atoms with Crippen LogP contribution in [0.4, 0.5) is 9.39 Å². The van der Waals surface area contributed by atoms with E-state index in [2.05, 4.69) is 0 Å². The number of amides is 1. The van der Waals surface area contributed by atoms with Crippen molar-refractivity contribution in [3.63, 3.8) is 0 Å². The van der Waals surface area contributed by atoms with Crippen molar-refractivity contribution < 1.29 is 23.5 Å². The summed E-state index contributed by atoms with van der Waals surface area (Å²) in [7, 11) is 3.17. The van der Waals surface area contributed by atoms with E-state index in [-0.39, 0.29) is 24.8 Å². The van der Waals surface area contributed by atoms with E-state index < -0.39 is 5.82 Å². The van der Waals surface area contributed by atoms with Crippen LogP contribution in [0.25, 0.3) is 0 Å². The SMILES string of the molecule is COc1ccc(C2=NCC(=O)N(CC(=O)c3ccc(F)cc3)c3sc4c(c32)CCCC4)cc1OC. The molecule has 2 heterocycles. The Labute approximate surface area is 207 Å². The molecule has 5 rings (SSSR count). The Bertz CT molecular complexity index is 1330. The van der Waals surface area contributed by atoms with Gasteiger partial charge in [0.25, 0.3) is 0 Å². The normalized spacial score (nSPS) is 15.1. The summed E-state index contributed by atoms with van der Waals surface area (Å²) >= 11 is 1.57. The number of rotatable bonds is 6. The molecule has 0 atom stereocenters. The van der Waals surface area contributed by atoms with Crippen LogP contribution in [0.2, 0.25) is 0 Å². The maximum absolute atomic E-state index is 13.4. The first-order valence-electron chi connectivity index (χ1n) is 11.5. The summed E-state index contributed by atoms with van der Waals surface area (Å²) < 4.78 is 24.2. The summed E-state index contributed by atoms with van der Waals surface area (Å²) in [4.78, 5) is 33.9. The summed E-state index contributed by atoms with van der Waals surface area (Å²) in [5.74, 6) is 0.299. The number of benzene rings is 2. The van der Waals surface area contributed by atoms with Gasteiger partial charge in [-0.05, 0) is 73.7 Å². The van der Waals surface area contributed by atoms with Crippen molar-refractivity contribution in [2.24, 2.45) is 4.99 Å². The molecule has 6 nitrogen and oxygen atoms in total. The monoisotopic (exact) mass is 492 g/mol. The molecule has 35 heavy (non-hydrogen) atoms. The first-order valence-corrected chi connectivity index (χ1v) is 12.3. The lowest BCUT2D eigenvalue weighted by Gasteiger charge is -2.20. The van der Waals surface area contributed by atoms with Crippen molar-refractivity contribution in [1.82, 2.24) is 0 Å². The highest BCUT2D eigenvalue weighted by molar-refractivity contribution is 7.17. The van der Waals surface area contributed by atoms with E-state index in [0.29, 0.717) is 17.1 Å². The third-order valence-corrected chi connectivity index (χ3v) is 7.75. The van der Waals surface area contributed by atoms with Crippen molar-refractivity contribution in [3.8, 4) is 11.5 Å². The van der Waals surface area contributed by atoms with Crippen molar-refractivity contribution >= 4 is 33.7 Å². The lowest BCUT2D eigenvalue weighted by atomic mass is 9.91. The first kappa shape index (κ1) is 23.2. The van der Waals surface area contributed by atoms with Gasteiger partial charge in [-0.25, -0.2) is 4.39 Å². The number of methoxy groups -OCH3 is 2. The highest BCUT2D eigenvalue weighted by Crippen LogP contribution is 2.43. The molecule has 1 aromatic heterocycles. The van der Waals surface area contributed by atoms with E-state index in [1.807, 2.05) is 18.2 Å². The Morgan fingerprint density at radius 1 is 1.06 bits per heavy atom. The first-order chi connectivity index (χ1) is 17.0. The Morgan fingerprint density at radius 3 is 2.54 bits per heavy atom. The number of ether oxygens (including phenoxy) is 2. The van der Waals surface area contributed by atoms with Crippen LogP contribution in [0.5, 0.6) is 11.5 Å². The summed E-state index contributed by atoms with van der Waals surface area (Å²) in [5.41, 5.74) is 4.06. The van der Waals surface area contributed by atoms with Gasteiger partial charge >= 0.3 is 0 Å². The molecule has 0 saturated carbocycles. The molecule has 0 fully saturated rings. The van der Waals surface area contributed by atoms with Gasteiger partial charge in [0.15, 0.2) is 17.3 Å². The zero-order valence-corrected chi connectivity index (χ0v) is 20.4. The largest absolute Gasteiger partial charge is 0.493 e. The van der Waals surface area contributed by atoms with Crippen LogP contribution < -0.4 is 14.4 Å². The second-order valence-corrected chi connectivity index (χ2v) is 9.62. The molecular weight excluding hydrogens is 467 g/mol. The van der Waals surface area contributed by atoms with Crippen LogP contribution in [0.1, 0.15) is 44.8 Å². The van der Waals surface area contributed by atoms with Gasteiger partial charge in [-0.2, -0.15) is 0 Å². The maximum atomic E-state index is 13.4. The number of fused-ring (bicyclic) bond motifs is 3. The van der Waals surface area contributed by atoms with Crippen LogP contribution >= 0.6 is 11.3 Å². The van der Waals surface area contributed by atoms with E-state index >= 15 is 0 Å². The molecule has 180 valence electrons. The topological polar surface area (TPSA) is 68.2 Å². The molecule has 0 bridgehead atoms.